The molecular formula is C25H28N4O2S. The van der Waals surface area contributed by atoms with Crippen molar-refractivity contribution in [3.63, 3.8) is 0 Å². The molecule has 3 heterocycles. The Morgan fingerprint density at radius 2 is 2.00 bits per heavy atom. The van der Waals surface area contributed by atoms with Gasteiger partial charge in [-0.3, -0.25) is 9.59 Å². The second-order valence-electron chi connectivity index (χ2n) is 8.29. The van der Waals surface area contributed by atoms with Crippen LogP contribution in [0.5, 0.6) is 0 Å². The third-order valence-electron chi connectivity index (χ3n) is 6.02. The number of anilines is 1. The van der Waals surface area contributed by atoms with Gasteiger partial charge in [0.1, 0.15) is 5.82 Å². The average molecular weight is 449 g/mol. The smallest absolute Gasteiger partial charge is 0.255 e. The predicted octanol–water partition coefficient (Wildman–Crippen LogP) is 3.99. The summed E-state index contributed by atoms with van der Waals surface area (Å²) in [5.74, 6) is 0.275. The molecule has 166 valence electrons. The molecule has 0 unspecified atom stereocenters. The van der Waals surface area contributed by atoms with Gasteiger partial charge in [-0.15, -0.1) is 11.3 Å². The molecule has 0 spiro atoms. The van der Waals surface area contributed by atoms with E-state index in [9.17, 15) is 9.59 Å². The fourth-order valence-corrected chi connectivity index (χ4v) is 5.13. The van der Waals surface area contributed by atoms with E-state index < -0.39 is 5.41 Å². The van der Waals surface area contributed by atoms with Gasteiger partial charge in [-0.1, -0.05) is 30.3 Å². The number of carbonyl (C=O) groups is 2. The lowest BCUT2D eigenvalue weighted by Gasteiger charge is -2.42. The molecule has 0 bridgehead atoms. The Labute approximate surface area is 192 Å². The maximum absolute atomic E-state index is 13.3. The van der Waals surface area contributed by atoms with Crippen molar-refractivity contribution >= 4 is 29.0 Å². The van der Waals surface area contributed by atoms with Crippen LogP contribution in [-0.4, -0.2) is 41.3 Å². The van der Waals surface area contributed by atoms with Crippen molar-refractivity contribution in [3.8, 4) is 10.4 Å². The molecule has 0 saturated carbocycles. The Hall–Kier alpha value is -3.19. The van der Waals surface area contributed by atoms with E-state index in [0.29, 0.717) is 37.4 Å². The van der Waals surface area contributed by atoms with E-state index >= 15 is 0 Å². The summed E-state index contributed by atoms with van der Waals surface area (Å²) in [7, 11) is 0. The van der Waals surface area contributed by atoms with Gasteiger partial charge in [0.25, 0.3) is 5.91 Å². The molecule has 1 aliphatic heterocycles. The summed E-state index contributed by atoms with van der Waals surface area (Å²) >= 11 is 1.71. The quantitative estimate of drug-likeness (QED) is 0.597. The van der Waals surface area contributed by atoms with Crippen LogP contribution in [-0.2, 0) is 11.2 Å². The van der Waals surface area contributed by atoms with Crippen molar-refractivity contribution in [2.75, 3.05) is 25.4 Å². The summed E-state index contributed by atoms with van der Waals surface area (Å²) in [6.45, 7) is 3.50. The number of amides is 2. The lowest BCUT2D eigenvalue weighted by molar-refractivity contribution is -0.133. The monoisotopic (exact) mass is 448 g/mol. The third-order valence-corrected chi connectivity index (χ3v) is 6.94. The van der Waals surface area contributed by atoms with Crippen LogP contribution in [0.4, 0.5) is 5.82 Å². The fraction of sp³-hybridized carbons (Fsp3) is 0.320. The van der Waals surface area contributed by atoms with Crippen molar-refractivity contribution in [1.82, 2.24) is 15.2 Å². The van der Waals surface area contributed by atoms with E-state index in [0.717, 1.165) is 18.4 Å². The van der Waals surface area contributed by atoms with E-state index in [1.54, 1.807) is 28.4 Å². The molecule has 1 aromatic carbocycles. The lowest BCUT2D eigenvalue weighted by atomic mass is 9.74. The molecule has 0 aliphatic carbocycles. The number of nitrogens with two attached hydrogens (primary N) is 1. The summed E-state index contributed by atoms with van der Waals surface area (Å²) < 4.78 is 0. The van der Waals surface area contributed by atoms with Gasteiger partial charge in [0.15, 0.2) is 0 Å². The summed E-state index contributed by atoms with van der Waals surface area (Å²) in [4.78, 5) is 33.4. The Balaban J connectivity index is 1.57. The molecule has 1 aliphatic rings. The maximum atomic E-state index is 13.3. The van der Waals surface area contributed by atoms with Gasteiger partial charge in [0, 0.05) is 30.7 Å². The standard InChI is InChI=1S/C25H28N4O2S/c1-2-27-24(31)25(15-18-6-8-19(9-7-18)21-5-3-14-32-21)12-4-13-29(17-25)23(30)20-10-11-22(26)28-16-20/h3,5-11,14,16H,2,4,12-13,15,17H2,1H3,(H2,26,28)(H,27,31)/t25-/m1/s1. The molecule has 32 heavy (non-hydrogen) atoms. The molecule has 2 amide bonds. The SMILES string of the molecule is CCNC(=O)[C@@]1(Cc2ccc(-c3cccs3)cc2)CCCN(C(=O)c2ccc(N)nc2)C1. The number of pyridine rings is 1. The van der Waals surface area contributed by atoms with Crippen molar-refractivity contribution in [1.29, 1.82) is 0 Å². The summed E-state index contributed by atoms with van der Waals surface area (Å²) in [5, 5.41) is 5.08. The Kier molecular flexibility index (Phi) is 6.55. The van der Waals surface area contributed by atoms with Gasteiger partial charge in [0.2, 0.25) is 5.91 Å². The summed E-state index contributed by atoms with van der Waals surface area (Å²) in [6, 6.07) is 15.9. The van der Waals surface area contributed by atoms with Crippen LogP contribution < -0.4 is 11.1 Å². The summed E-state index contributed by atoms with van der Waals surface area (Å²) in [6.07, 6.45) is 3.62. The Bertz CT molecular complexity index is 1060. The largest absolute Gasteiger partial charge is 0.384 e. The number of nitrogens with zero attached hydrogens (tertiary/aromatic N) is 2. The minimum absolute atomic E-state index is 0.00950. The zero-order valence-electron chi connectivity index (χ0n) is 18.2. The zero-order valence-corrected chi connectivity index (χ0v) is 19.0. The van der Waals surface area contributed by atoms with Crippen LogP contribution in [0, 0.1) is 5.41 Å². The predicted molar refractivity (Wildman–Crippen MR) is 128 cm³/mol. The molecule has 0 radical (unpaired) electrons. The number of aromatic nitrogens is 1. The highest BCUT2D eigenvalue weighted by Crippen LogP contribution is 2.35. The highest BCUT2D eigenvalue weighted by atomic mass is 32.1. The van der Waals surface area contributed by atoms with Gasteiger partial charge in [-0.2, -0.15) is 0 Å². The molecule has 4 rings (SSSR count). The third kappa shape index (κ3) is 4.67. The molecule has 7 heteroatoms. The highest BCUT2D eigenvalue weighted by Gasteiger charge is 2.43. The number of rotatable bonds is 6. The molecular weight excluding hydrogens is 420 g/mol. The minimum atomic E-state index is -0.657. The first-order chi connectivity index (χ1) is 15.5. The van der Waals surface area contributed by atoms with Crippen molar-refractivity contribution in [2.45, 2.75) is 26.2 Å². The lowest BCUT2D eigenvalue weighted by Crippen LogP contribution is -2.54. The van der Waals surface area contributed by atoms with Crippen LogP contribution >= 0.6 is 11.3 Å². The molecule has 2 aromatic heterocycles. The number of carbonyl (C=O) groups excluding carboxylic acids is 2. The van der Waals surface area contributed by atoms with E-state index in [2.05, 4.69) is 46.0 Å². The number of nitrogens with one attached hydrogen (secondary N) is 1. The van der Waals surface area contributed by atoms with Gasteiger partial charge < -0.3 is 16.0 Å². The van der Waals surface area contributed by atoms with E-state index in [1.807, 2.05) is 13.0 Å². The molecule has 1 saturated heterocycles. The molecule has 3 aromatic rings. The number of likely N-dealkylation sites (tertiary alicyclic amines) is 1. The Morgan fingerprint density at radius 3 is 2.66 bits per heavy atom. The van der Waals surface area contributed by atoms with Crippen LogP contribution in [0.25, 0.3) is 10.4 Å². The normalized spacial score (nSPS) is 18.3. The number of thiophene rings is 1. The number of hydrogen-bond donors (Lipinski definition) is 2. The average Bonchev–Trinajstić information content (AvgIpc) is 3.35. The highest BCUT2D eigenvalue weighted by molar-refractivity contribution is 7.13. The van der Waals surface area contributed by atoms with Crippen LogP contribution in [0.3, 0.4) is 0 Å². The Morgan fingerprint density at radius 1 is 1.19 bits per heavy atom. The van der Waals surface area contributed by atoms with Crippen LogP contribution in [0.2, 0.25) is 0 Å². The van der Waals surface area contributed by atoms with E-state index in [4.69, 9.17) is 5.73 Å². The van der Waals surface area contributed by atoms with Crippen LogP contribution in [0.1, 0.15) is 35.7 Å². The van der Waals surface area contributed by atoms with E-state index in [1.165, 1.54) is 16.6 Å². The first kappa shape index (κ1) is 22.0. The number of benzene rings is 1. The molecule has 3 N–H and O–H groups in total. The van der Waals surface area contributed by atoms with E-state index in [-0.39, 0.29) is 11.8 Å². The number of hydrogen-bond acceptors (Lipinski definition) is 5. The van der Waals surface area contributed by atoms with Gasteiger partial charge >= 0.3 is 0 Å². The molecule has 1 fully saturated rings. The second kappa shape index (κ2) is 9.53. The summed E-state index contributed by atoms with van der Waals surface area (Å²) in [5.41, 5.74) is 7.77. The maximum Gasteiger partial charge on any atom is 0.255 e. The van der Waals surface area contributed by atoms with Crippen molar-refractivity contribution in [3.05, 3.63) is 71.2 Å². The minimum Gasteiger partial charge on any atom is -0.384 e. The topological polar surface area (TPSA) is 88.3 Å². The fourth-order valence-electron chi connectivity index (χ4n) is 4.40. The van der Waals surface area contributed by atoms with Gasteiger partial charge in [-0.05, 0) is 60.9 Å². The van der Waals surface area contributed by atoms with Crippen LogP contribution in [0.15, 0.2) is 60.1 Å². The van der Waals surface area contributed by atoms with Gasteiger partial charge in [0.05, 0.1) is 11.0 Å². The number of piperidine rings is 1. The van der Waals surface area contributed by atoms with Crippen molar-refractivity contribution in [2.24, 2.45) is 5.41 Å². The number of nitrogen functional groups attached to an aromatic ring is 1. The first-order valence-electron chi connectivity index (χ1n) is 10.9. The van der Waals surface area contributed by atoms with Gasteiger partial charge in [-0.25, -0.2) is 4.98 Å². The molecule has 1 atom stereocenters. The molecule has 6 nitrogen and oxygen atoms in total. The van der Waals surface area contributed by atoms with Crippen molar-refractivity contribution < 1.29 is 9.59 Å². The second-order valence-corrected chi connectivity index (χ2v) is 9.24. The first-order valence-corrected chi connectivity index (χ1v) is 11.8. The zero-order chi connectivity index (χ0) is 22.6.